The summed E-state index contributed by atoms with van der Waals surface area (Å²) >= 11 is 0. The first-order valence-corrected chi connectivity index (χ1v) is 5.75. The fourth-order valence-corrected chi connectivity index (χ4v) is 2.25. The summed E-state index contributed by atoms with van der Waals surface area (Å²) in [4.78, 5) is 6.63. The Morgan fingerprint density at radius 2 is 2.12 bits per heavy atom. The van der Waals surface area contributed by atoms with Crippen molar-refractivity contribution in [2.24, 2.45) is 5.73 Å². The Kier molecular flexibility index (Phi) is 3.41. The summed E-state index contributed by atoms with van der Waals surface area (Å²) in [6, 6.07) is 4.04. The quantitative estimate of drug-likeness (QED) is 0.814. The third-order valence-electron chi connectivity index (χ3n) is 2.82. The average molecular weight is 221 g/mol. The third-order valence-corrected chi connectivity index (χ3v) is 2.82. The number of morpholine rings is 1. The summed E-state index contributed by atoms with van der Waals surface area (Å²) < 4.78 is 5.72. The van der Waals surface area contributed by atoms with Gasteiger partial charge in [-0.15, -0.1) is 0 Å². The van der Waals surface area contributed by atoms with E-state index in [9.17, 15) is 0 Å². The molecule has 0 radical (unpaired) electrons. The summed E-state index contributed by atoms with van der Waals surface area (Å²) in [5.74, 6) is 0. The molecule has 0 unspecified atom stereocenters. The Morgan fingerprint density at radius 1 is 1.44 bits per heavy atom. The van der Waals surface area contributed by atoms with E-state index in [1.54, 1.807) is 6.20 Å². The average Bonchev–Trinajstić information content (AvgIpc) is 2.27. The molecule has 2 N–H and O–H groups in total. The monoisotopic (exact) mass is 221 g/mol. The fourth-order valence-electron chi connectivity index (χ4n) is 2.25. The molecule has 0 aliphatic carbocycles. The topological polar surface area (TPSA) is 51.4 Å². The van der Waals surface area contributed by atoms with Gasteiger partial charge in [0.2, 0.25) is 0 Å². The number of nitrogens with zero attached hydrogens (tertiary/aromatic N) is 2. The van der Waals surface area contributed by atoms with Gasteiger partial charge in [-0.2, -0.15) is 0 Å². The Hall–Kier alpha value is -1.13. The summed E-state index contributed by atoms with van der Waals surface area (Å²) in [6.45, 7) is 6.49. The van der Waals surface area contributed by atoms with Gasteiger partial charge < -0.3 is 15.4 Å². The Bertz CT molecular complexity index is 346. The van der Waals surface area contributed by atoms with Crippen molar-refractivity contribution in [3.63, 3.8) is 0 Å². The molecule has 1 fully saturated rings. The zero-order valence-corrected chi connectivity index (χ0v) is 9.89. The Morgan fingerprint density at radius 3 is 2.75 bits per heavy atom. The molecule has 2 heterocycles. The van der Waals surface area contributed by atoms with Crippen LogP contribution in [-0.4, -0.2) is 30.3 Å². The predicted octanol–water partition coefficient (Wildman–Crippen LogP) is 1.15. The summed E-state index contributed by atoms with van der Waals surface area (Å²) in [6.07, 6.45) is 2.31. The molecule has 0 amide bonds. The molecule has 4 nitrogen and oxygen atoms in total. The Balaban J connectivity index is 2.22. The van der Waals surface area contributed by atoms with Gasteiger partial charge in [-0.05, 0) is 26.0 Å². The maximum atomic E-state index is 5.72. The molecule has 1 aromatic heterocycles. The van der Waals surface area contributed by atoms with Crippen LogP contribution in [0.5, 0.6) is 0 Å². The van der Waals surface area contributed by atoms with Crippen molar-refractivity contribution in [3.8, 4) is 0 Å². The maximum Gasteiger partial charge on any atom is 0.0772 e. The molecule has 16 heavy (non-hydrogen) atoms. The van der Waals surface area contributed by atoms with Crippen LogP contribution in [0.4, 0.5) is 5.69 Å². The number of nitrogens with two attached hydrogens (primary N) is 1. The van der Waals surface area contributed by atoms with Crippen LogP contribution in [0.3, 0.4) is 0 Å². The lowest BCUT2D eigenvalue weighted by molar-refractivity contribution is -0.00528. The minimum Gasteiger partial charge on any atom is -0.372 e. The number of hydrogen-bond donors (Lipinski definition) is 1. The minimum atomic E-state index is 0.259. The van der Waals surface area contributed by atoms with Crippen LogP contribution >= 0.6 is 0 Å². The second kappa shape index (κ2) is 4.80. The molecule has 1 aromatic rings. The van der Waals surface area contributed by atoms with E-state index in [1.165, 1.54) is 0 Å². The van der Waals surface area contributed by atoms with E-state index in [0.29, 0.717) is 6.54 Å². The number of rotatable bonds is 2. The normalized spacial score (nSPS) is 25.8. The van der Waals surface area contributed by atoms with Gasteiger partial charge in [-0.25, -0.2) is 0 Å². The van der Waals surface area contributed by atoms with E-state index in [-0.39, 0.29) is 12.2 Å². The number of ether oxygens (including phenoxy) is 1. The van der Waals surface area contributed by atoms with E-state index in [1.807, 2.05) is 6.07 Å². The predicted molar refractivity (Wildman–Crippen MR) is 64.4 cm³/mol. The second-order valence-electron chi connectivity index (χ2n) is 4.34. The zero-order chi connectivity index (χ0) is 11.5. The van der Waals surface area contributed by atoms with Crippen molar-refractivity contribution in [3.05, 3.63) is 24.0 Å². The highest BCUT2D eigenvalue weighted by Gasteiger charge is 2.23. The first-order valence-electron chi connectivity index (χ1n) is 5.75. The van der Waals surface area contributed by atoms with Crippen LogP contribution in [0.2, 0.25) is 0 Å². The van der Waals surface area contributed by atoms with Gasteiger partial charge >= 0.3 is 0 Å². The highest BCUT2D eigenvalue weighted by molar-refractivity contribution is 5.51. The van der Waals surface area contributed by atoms with Crippen LogP contribution in [0.15, 0.2) is 18.3 Å². The lowest BCUT2D eigenvalue weighted by Gasteiger charge is -2.37. The molecule has 0 spiro atoms. The van der Waals surface area contributed by atoms with Crippen LogP contribution in [0, 0.1) is 0 Å². The van der Waals surface area contributed by atoms with Crippen molar-refractivity contribution >= 4 is 5.69 Å². The molecule has 0 bridgehead atoms. The highest BCUT2D eigenvalue weighted by atomic mass is 16.5. The first kappa shape index (κ1) is 11.4. The van der Waals surface area contributed by atoms with Gasteiger partial charge in [0.15, 0.2) is 0 Å². The van der Waals surface area contributed by atoms with E-state index >= 15 is 0 Å². The Labute approximate surface area is 96.4 Å². The van der Waals surface area contributed by atoms with Gasteiger partial charge in [-0.1, -0.05) is 0 Å². The molecule has 1 saturated heterocycles. The highest BCUT2D eigenvalue weighted by Crippen LogP contribution is 2.22. The lowest BCUT2D eigenvalue weighted by atomic mass is 10.2. The molecule has 1 aliphatic heterocycles. The third kappa shape index (κ3) is 2.33. The SMILES string of the molecule is C[C@@H]1CN(c2cccnc2CN)C[C@H](C)O1. The summed E-state index contributed by atoms with van der Waals surface area (Å²) in [5.41, 5.74) is 7.81. The van der Waals surface area contributed by atoms with E-state index in [4.69, 9.17) is 10.5 Å². The van der Waals surface area contributed by atoms with Crippen LogP contribution < -0.4 is 10.6 Å². The molecule has 2 atom stereocenters. The van der Waals surface area contributed by atoms with Gasteiger partial charge in [0.05, 0.1) is 23.6 Å². The number of hydrogen-bond acceptors (Lipinski definition) is 4. The van der Waals surface area contributed by atoms with E-state index in [2.05, 4.69) is 29.8 Å². The van der Waals surface area contributed by atoms with Crippen molar-refractivity contribution in [2.75, 3.05) is 18.0 Å². The lowest BCUT2D eigenvalue weighted by Crippen LogP contribution is -2.46. The van der Waals surface area contributed by atoms with Gasteiger partial charge in [0.1, 0.15) is 0 Å². The van der Waals surface area contributed by atoms with Crippen LogP contribution in [-0.2, 0) is 11.3 Å². The molecule has 1 aliphatic rings. The molecule has 88 valence electrons. The standard InChI is InChI=1S/C12H19N3O/c1-9-7-15(8-10(2)16-9)12-4-3-5-14-11(12)6-13/h3-5,9-10H,6-8,13H2,1-2H3/t9-,10+. The minimum absolute atomic E-state index is 0.259. The molecular formula is C12H19N3O. The largest absolute Gasteiger partial charge is 0.372 e. The number of aromatic nitrogens is 1. The molecular weight excluding hydrogens is 202 g/mol. The smallest absolute Gasteiger partial charge is 0.0772 e. The summed E-state index contributed by atoms with van der Waals surface area (Å²) in [7, 11) is 0. The maximum absolute atomic E-state index is 5.72. The van der Waals surface area contributed by atoms with Crippen molar-refractivity contribution in [2.45, 2.75) is 32.6 Å². The van der Waals surface area contributed by atoms with Gasteiger partial charge in [0, 0.05) is 25.8 Å². The van der Waals surface area contributed by atoms with E-state index in [0.717, 1.165) is 24.5 Å². The molecule has 0 saturated carbocycles. The van der Waals surface area contributed by atoms with Crippen molar-refractivity contribution in [1.82, 2.24) is 4.98 Å². The number of pyridine rings is 1. The summed E-state index contributed by atoms with van der Waals surface area (Å²) in [5, 5.41) is 0. The van der Waals surface area contributed by atoms with Gasteiger partial charge in [0.25, 0.3) is 0 Å². The fraction of sp³-hybridized carbons (Fsp3) is 0.583. The first-order chi connectivity index (χ1) is 7.70. The molecule has 4 heteroatoms. The second-order valence-corrected chi connectivity index (χ2v) is 4.34. The van der Waals surface area contributed by atoms with Crippen molar-refractivity contribution < 1.29 is 4.74 Å². The number of anilines is 1. The van der Waals surface area contributed by atoms with Crippen LogP contribution in [0.25, 0.3) is 0 Å². The zero-order valence-electron chi connectivity index (χ0n) is 9.89. The van der Waals surface area contributed by atoms with Gasteiger partial charge in [-0.3, -0.25) is 4.98 Å². The van der Waals surface area contributed by atoms with Crippen LogP contribution in [0.1, 0.15) is 19.5 Å². The van der Waals surface area contributed by atoms with Crippen molar-refractivity contribution in [1.29, 1.82) is 0 Å². The van der Waals surface area contributed by atoms with E-state index < -0.39 is 0 Å². The molecule has 2 rings (SSSR count). The molecule has 0 aromatic carbocycles.